The maximum absolute atomic E-state index is 12.4. The first kappa shape index (κ1) is 31.6. The molecule has 1 atom stereocenters. The molecule has 1 aromatic rings. The first-order chi connectivity index (χ1) is 17.8. The van der Waals surface area contributed by atoms with Gasteiger partial charge < -0.3 is 14.2 Å². The third kappa shape index (κ3) is 9.32. The van der Waals surface area contributed by atoms with Gasteiger partial charge in [0.25, 0.3) is 0 Å². The number of hydrogen-bond donors (Lipinski definition) is 0. The van der Waals surface area contributed by atoms with Crippen LogP contribution in [-0.4, -0.2) is 22.3 Å². The number of fused-ring (bicyclic) bond motifs is 1. The number of unbranched alkanes of at least 4 members (excludes halogenated alkanes) is 8. The van der Waals surface area contributed by atoms with E-state index in [1.807, 2.05) is 27.7 Å². The van der Waals surface area contributed by atoms with Crippen LogP contribution < -0.4 is 9.47 Å². The molecule has 0 saturated carbocycles. The largest absolute Gasteiger partial charge is 0.514 e. The topological polar surface area (TPSA) is 87.9 Å². The van der Waals surface area contributed by atoms with Gasteiger partial charge in [0.1, 0.15) is 22.7 Å². The van der Waals surface area contributed by atoms with E-state index in [9.17, 15) is 14.9 Å². The fraction of sp³-hybridized carbons (Fsp3) is 0.710. The summed E-state index contributed by atoms with van der Waals surface area (Å²) in [5, 5.41) is 11.9. The Morgan fingerprint density at radius 2 is 1.58 bits per heavy atom. The molecule has 0 saturated heterocycles. The second-order valence-corrected chi connectivity index (χ2v) is 12.0. The maximum atomic E-state index is 12.4. The number of rotatable bonds is 13. The third-order valence-corrected chi connectivity index (χ3v) is 7.34. The molecule has 214 valence electrons. The zero-order valence-corrected chi connectivity index (χ0v) is 25.0. The average Bonchev–Trinajstić information content (AvgIpc) is 2.82. The monoisotopic (exact) mass is 531 g/mol. The van der Waals surface area contributed by atoms with Crippen molar-refractivity contribution in [2.45, 2.75) is 144 Å². The fourth-order valence-electron chi connectivity index (χ4n) is 5.05. The maximum Gasteiger partial charge on any atom is 0.514 e. The molecule has 0 bridgehead atoms. The lowest BCUT2D eigenvalue weighted by Gasteiger charge is -2.36. The number of allylic oxidation sites excluding steroid dienone is 1. The molecule has 0 spiro atoms. The van der Waals surface area contributed by atoms with Gasteiger partial charge in [-0.25, -0.2) is 4.79 Å². The van der Waals surface area contributed by atoms with E-state index in [4.69, 9.17) is 14.2 Å². The molecule has 1 aliphatic heterocycles. The molecule has 1 aliphatic rings. The van der Waals surface area contributed by atoms with Gasteiger partial charge in [-0.1, -0.05) is 58.3 Å². The summed E-state index contributed by atoms with van der Waals surface area (Å²) in [7, 11) is 0. The molecule has 1 heterocycles. The van der Waals surface area contributed by atoms with Crippen molar-refractivity contribution in [3.05, 3.63) is 44.1 Å². The minimum Gasteiger partial charge on any atom is -0.483 e. The zero-order valence-electron chi connectivity index (χ0n) is 25.0. The lowest BCUT2D eigenvalue weighted by Crippen LogP contribution is -2.36. The smallest absolute Gasteiger partial charge is 0.483 e. The summed E-state index contributed by atoms with van der Waals surface area (Å²) < 4.78 is 17.4. The van der Waals surface area contributed by atoms with E-state index in [0.29, 0.717) is 25.0 Å². The van der Waals surface area contributed by atoms with Crippen LogP contribution >= 0.6 is 0 Å². The second kappa shape index (κ2) is 14.0. The van der Waals surface area contributed by atoms with E-state index in [-0.39, 0.29) is 10.6 Å². The lowest BCUT2D eigenvalue weighted by atomic mass is 9.86. The number of carbonyl (C=O) groups excluding carboxylic acids is 1. The molecular weight excluding hydrogens is 482 g/mol. The Morgan fingerprint density at radius 3 is 2.13 bits per heavy atom. The number of hydrogen-bond acceptors (Lipinski definition) is 6. The van der Waals surface area contributed by atoms with Crippen molar-refractivity contribution in [3.8, 4) is 11.5 Å². The van der Waals surface area contributed by atoms with Crippen LogP contribution in [0.25, 0.3) is 0 Å². The summed E-state index contributed by atoms with van der Waals surface area (Å²) >= 11 is 0. The minimum atomic E-state index is -0.772. The zero-order chi connectivity index (χ0) is 28.5. The number of carbonyl (C=O) groups is 1. The van der Waals surface area contributed by atoms with Gasteiger partial charge in [0.15, 0.2) is 0 Å². The van der Waals surface area contributed by atoms with E-state index in [2.05, 4.69) is 6.92 Å². The van der Waals surface area contributed by atoms with E-state index in [1.165, 1.54) is 38.5 Å². The molecule has 0 fully saturated rings. The molecule has 2 rings (SSSR count). The van der Waals surface area contributed by atoms with Gasteiger partial charge in [0.05, 0.1) is 4.92 Å². The van der Waals surface area contributed by atoms with Crippen molar-refractivity contribution in [3.63, 3.8) is 0 Å². The van der Waals surface area contributed by atoms with Crippen molar-refractivity contribution in [2.75, 3.05) is 0 Å². The summed E-state index contributed by atoms with van der Waals surface area (Å²) in [6.07, 6.45) is 13.3. The SMILES string of the molecule is CCCCCCCCCCCC(=CC1(C)CCc2c(C)c(OC(=O)OC(C)(C)C)c(C)c(C)c2O1)[N+](=O)[O-]. The highest BCUT2D eigenvalue weighted by molar-refractivity contribution is 5.69. The molecule has 0 N–H and O–H groups in total. The molecule has 7 heteroatoms. The number of benzene rings is 1. The van der Waals surface area contributed by atoms with Gasteiger partial charge in [0, 0.05) is 18.1 Å². The number of nitrogens with zero attached hydrogens (tertiary/aromatic N) is 1. The van der Waals surface area contributed by atoms with E-state index in [1.54, 1.807) is 26.8 Å². The predicted octanol–water partition coefficient (Wildman–Crippen LogP) is 9.09. The van der Waals surface area contributed by atoms with Crippen LogP contribution in [0.2, 0.25) is 0 Å². The van der Waals surface area contributed by atoms with Gasteiger partial charge in [0.2, 0.25) is 5.70 Å². The molecule has 0 radical (unpaired) electrons. The van der Waals surface area contributed by atoms with Crippen molar-refractivity contribution >= 4 is 6.16 Å². The molecular formula is C31H49NO6. The van der Waals surface area contributed by atoms with Crippen LogP contribution in [0, 0.1) is 30.9 Å². The summed E-state index contributed by atoms with van der Waals surface area (Å²) in [4.78, 5) is 24.0. The lowest BCUT2D eigenvalue weighted by molar-refractivity contribution is -0.429. The predicted molar refractivity (Wildman–Crippen MR) is 152 cm³/mol. The fourth-order valence-corrected chi connectivity index (χ4v) is 5.05. The molecule has 7 nitrogen and oxygen atoms in total. The standard InChI is InChI=1S/C31H49NO6/c1-9-10-11-12-13-14-15-16-17-18-25(32(34)35)21-31(8)20-19-26-24(4)27(22(2)23(3)28(26)37-31)36-29(33)38-30(5,6)7/h21H,9-20H2,1-8H3. The summed E-state index contributed by atoms with van der Waals surface area (Å²) in [6, 6.07) is 0. The van der Waals surface area contributed by atoms with Crippen molar-refractivity contribution in [2.24, 2.45) is 0 Å². The average molecular weight is 532 g/mol. The van der Waals surface area contributed by atoms with Gasteiger partial charge in [-0.3, -0.25) is 10.1 Å². The third-order valence-electron chi connectivity index (χ3n) is 7.34. The Bertz CT molecular complexity index is 1010. The van der Waals surface area contributed by atoms with E-state index in [0.717, 1.165) is 47.3 Å². The first-order valence-electron chi connectivity index (χ1n) is 14.4. The van der Waals surface area contributed by atoms with Crippen LogP contribution in [0.5, 0.6) is 11.5 Å². The molecule has 0 amide bonds. The van der Waals surface area contributed by atoms with Gasteiger partial charge in [-0.15, -0.1) is 0 Å². The second-order valence-electron chi connectivity index (χ2n) is 12.0. The molecule has 38 heavy (non-hydrogen) atoms. The number of ether oxygens (including phenoxy) is 3. The Kier molecular flexibility index (Phi) is 11.7. The van der Waals surface area contributed by atoms with Gasteiger partial charge in [-0.2, -0.15) is 0 Å². The Balaban J connectivity index is 2.10. The van der Waals surface area contributed by atoms with Gasteiger partial charge >= 0.3 is 6.16 Å². The van der Waals surface area contributed by atoms with Gasteiger partial charge in [-0.05, 0) is 84.4 Å². The Labute approximate surface area is 229 Å². The van der Waals surface area contributed by atoms with Crippen LogP contribution in [0.4, 0.5) is 4.79 Å². The van der Waals surface area contributed by atoms with Crippen LogP contribution in [-0.2, 0) is 11.2 Å². The quantitative estimate of drug-likeness (QED) is 0.0829. The highest BCUT2D eigenvalue weighted by Gasteiger charge is 2.36. The van der Waals surface area contributed by atoms with Crippen molar-refractivity contribution in [1.82, 2.24) is 0 Å². The summed E-state index contributed by atoms with van der Waals surface area (Å²) in [6.45, 7) is 15.3. The molecule has 1 aromatic carbocycles. The summed E-state index contributed by atoms with van der Waals surface area (Å²) in [5.41, 5.74) is 2.28. The molecule has 0 aliphatic carbocycles. The Morgan fingerprint density at radius 1 is 1.00 bits per heavy atom. The number of nitro groups is 1. The van der Waals surface area contributed by atoms with Crippen molar-refractivity contribution in [1.29, 1.82) is 0 Å². The molecule has 0 aromatic heterocycles. The summed E-state index contributed by atoms with van der Waals surface area (Å²) in [5.74, 6) is 1.22. The highest BCUT2D eigenvalue weighted by Crippen LogP contribution is 2.44. The minimum absolute atomic E-state index is 0.231. The highest BCUT2D eigenvalue weighted by atomic mass is 16.7. The van der Waals surface area contributed by atoms with E-state index >= 15 is 0 Å². The van der Waals surface area contributed by atoms with E-state index < -0.39 is 17.4 Å². The van der Waals surface area contributed by atoms with Crippen LogP contribution in [0.15, 0.2) is 11.8 Å². The first-order valence-corrected chi connectivity index (χ1v) is 14.4. The van der Waals surface area contributed by atoms with Crippen molar-refractivity contribution < 1.29 is 23.9 Å². The Hall–Kier alpha value is -2.57. The molecule has 1 unspecified atom stereocenters. The van der Waals surface area contributed by atoms with Crippen LogP contribution in [0.3, 0.4) is 0 Å². The van der Waals surface area contributed by atoms with Crippen LogP contribution in [0.1, 0.15) is 128 Å². The normalized spacial score (nSPS) is 17.5.